The van der Waals surface area contributed by atoms with Crippen LogP contribution >= 0.6 is 0 Å². The van der Waals surface area contributed by atoms with Gasteiger partial charge in [0.2, 0.25) is 0 Å². The summed E-state index contributed by atoms with van der Waals surface area (Å²) in [7, 11) is 1.67. The molecule has 148 valence electrons. The number of carboxylic acid groups (broad SMARTS) is 1. The molecule has 6 N–H and O–H groups in total. The summed E-state index contributed by atoms with van der Waals surface area (Å²) in [6.45, 7) is 4.09. The van der Waals surface area contributed by atoms with Gasteiger partial charge in [0.25, 0.3) is 0 Å². The zero-order chi connectivity index (χ0) is 20.1. The number of methoxy groups -OCH3 is 1. The first kappa shape index (κ1) is 22.2. The number of aliphatic hydroxyl groups is 1. The molecule has 0 aliphatic carbocycles. The smallest absolute Gasteiger partial charge is 0.404 e. The van der Waals surface area contributed by atoms with Gasteiger partial charge >= 0.3 is 6.09 Å². The van der Waals surface area contributed by atoms with Gasteiger partial charge in [0.15, 0.2) is 0 Å². The maximum absolute atomic E-state index is 10.1. The number of nitrogens with zero attached hydrogens (tertiary/aromatic N) is 1. The molecular weight excluding hydrogens is 348 g/mol. The number of aliphatic hydroxyl groups excluding tert-OH is 1. The van der Waals surface area contributed by atoms with Gasteiger partial charge in [-0.3, -0.25) is 0 Å². The Bertz CT molecular complexity index is 674. The van der Waals surface area contributed by atoms with Gasteiger partial charge in [-0.2, -0.15) is 0 Å². The predicted octanol–water partition coefficient (Wildman–Crippen LogP) is 1.78. The summed E-state index contributed by atoms with van der Waals surface area (Å²) in [5.41, 5.74) is 7.43. The molecule has 1 aliphatic heterocycles. The van der Waals surface area contributed by atoms with Gasteiger partial charge in [-0.1, -0.05) is 17.7 Å². The van der Waals surface area contributed by atoms with E-state index in [1.807, 2.05) is 24.3 Å². The highest BCUT2D eigenvalue weighted by molar-refractivity contribution is 5.64. The van der Waals surface area contributed by atoms with Gasteiger partial charge in [0, 0.05) is 19.3 Å². The van der Waals surface area contributed by atoms with Crippen LogP contribution in [0.15, 0.2) is 42.6 Å². The molecule has 1 amide bonds. The fourth-order valence-electron chi connectivity index (χ4n) is 2.10. The number of nitrogens with two attached hydrogens (primary N) is 1. The quantitative estimate of drug-likeness (QED) is 0.552. The highest BCUT2D eigenvalue weighted by Crippen LogP contribution is 2.09. The Morgan fingerprint density at radius 3 is 2.52 bits per heavy atom. The van der Waals surface area contributed by atoms with Crippen molar-refractivity contribution in [1.29, 1.82) is 0 Å². The van der Waals surface area contributed by atoms with E-state index in [0.717, 1.165) is 30.8 Å². The lowest BCUT2D eigenvalue weighted by Gasteiger charge is -2.00. The third-order valence-electron chi connectivity index (χ3n) is 3.58. The number of anilines is 1. The average Bonchev–Trinajstić information content (AvgIpc) is 3.13. The fourth-order valence-corrected chi connectivity index (χ4v) is 2.10. The Kier molecular flexibility index (Phi) is 10.3. The van der Waals surface area contributed by atoms with Crippen molar-refractivity contribution in [3.05, 3.63) is 53.7 Å². The zero-order valence-electron chi connectivity index (χ0n) is 15.7. The molecule has 0 saturated carbocycles. The first-order valence-electron chi connectivity index (χ1n) is 8.57. The summed E-state index contributed by atoms with van der Waals surface area (Å²) < 4.78 is 4.97. The number of amides is 1. The molecule has 2 aromatic rings. The number of carbonyl (C=O) groups is 1. The number of aryl methyl sites for hydroxylation is 1. The summed E-state index contributed by atoms with van der Waals surface area (Å²) >= 11 is 0. The minimum atomic E-state index is -1.05. The maximum atomic E-state index is 10.1. The summed E-state index contributed by atoms with van der Waals surface area (Å²) in [5.74, 6) is 1.31. The number of pyridine rings is 1. The van der Waals surface area contributed by atoms with Crippen LogP contribution in [0.3, 0.4) is 0 Å². The highest BCUT2D eigenvalue weighted by Gasteiger charge is 2.08. The molecule has 27 heavy (non-hydrogen) atoms. The second-order valence-corrected chi connectivity index (χ2v) is 5.91. The van der Waals surface area contributed by atoms with Gasteiger partial charge < -0.3 is 31.3 Å². The van der Waals surface area contributed by atoms with Crippen LogP contribution in [0.1, 0.15) is 17.5 Å². The van der Waals surface area contributed by atoms with Gasteiger partial charge in [0.05, 0.1) is 13.2 Å². The molecule has 0 bridgehead atoms. The molecule has 0 radical (unpaired) electrons. The van der Waals surface area contributed by atoms with E-state index >= 15 is 0 Å². The molecule has 1 aromatic carbocycles. The van der Waals surface area contributed by atoms with E-state index in [-0.39, 0.29) is 12.6 Å². The first-order chi connectivity index (χ1) is 12.9. The molecule has 1 fully saturated rings. The van der Waals surface area contributed by atoms with Crippen LogP contribution in [-0.4, -0.2) is 47.6 Å². The molecule has 1 saturated heterocycles. The lowest BCUT2D eigenvalue weighted by atomic mass is 10.2. The van der Waals surface area contributed by atoms with Crippen LogP contribution in [0, 0.1) is 6.92 Å². The molecule has 1 aromatic heterocycles. The number of β-amino-alcohol motifs (C(OH)–C–C–N with tert-alkyl or cyclic N) is 1. The summed E-state index contributed by atoms with van der Waals surface area (Å²) in [6, 6.07) is 11.3. The zero-order valence-corrected chi connectivity index (χ0v) is 15.7. The Morgan fingerprint density at radius 2 is 2.07 bits per heavy atom. The Hall–Kier alpha value is -2.84. The molecule has 1 unspecified atom stereocenters. The van der Waals surface area contributed by atoms with Crippen LogP contribution in [0.2, 0.25) is 0 Å². The monoisotopic (exact) mass is 376 g/mol. The van der Waals surface area contributed by atoms with Crippen LogP contribution < -0.4 is 21.1 Å². The molecule has 8 nitrogen and oxygen atoms in total. The normalized spacial score (nSPS) is 14.9. The van der Waals surface area contributed by atoms with E-state index in [1.165, 1.54) is 11.8 Å². The van der Waals surface area contributed by atoms with Crippen LogP contribution in [-0.2, 0) is 6.54 Å². The average molecular weight is 376 g/mol. The number of hydrogen-bond acceptors (Lipinski definition) is 6. The minimum absolute atomic E-state index is 0.0648. The number of hydrogen-bond donors (Lipinski definition) is 5. The number of ether oxygens (including phenoxy) is 1. The lowest BCUT2D eigenvalue weighted by molar-refractivity contribution is 0.194. The third kappa shape index (κ3) is 10.7. The van der Waals surface area contributed by atoms with Crippen LogP contribution in [0.4, 0.5) is 10.6 Å². The molecule has 8 heteroatoms. The predicted molar refractivity (Wildman–Crippen MR) is 105 cm³/mol. The first-order valence-corrected chi connectivity index (χ1v) is 8.57. The van der Waals surface area contributed by atoms with E-state index in [4.69, 9.17) is 20.7 Å². The summed E-state index contributed by atoms with van der Waals surface area (Å²) in [6.07, 6.45) is 1.35. The highest BCUT2D eigenvalue weighted by atomic mass is 16.5. The van der Waals surface area contributed by atoms with Crippen molar-refractivity contribution in [1.82, 2.24) is 15.6 Å². The Morgan fingerprint density at radius 1 is 1.37 bits per heavy atom. The second-order valence-electron chi connectivity index (χ2n) is 5.91. The van der Waals surface area contributed by atoms with Crippen LogP contribution in [0.5, 0.6) is 5.75 Å². The van der Waals surface area contributed by atoms with E-state index in [1.54, 1.807) is 19.2 Å². The minimum Gasteiger partial charge on any atom is -0.497 e. The second kappa shape index (κ2) is 12.5. The van der Waals surface area contributed by atoms with Gasteiger partial charge in [-0.25, -0.2) is 9.78 Å². The van der Waals surface area contributed by atoms with Crippen molar-refractivity contribution in [2.75, 3.05) is 25.9 Å². The Labute approximate surface area is 159 Å². The van der Waals surface area contributed by atoms with Crippen LogP contribution in [0.25, 0.3) is 0 Å². The van der Waals surface area contributed by atoms with Crippen molar-refractivity contribution >= 4 is 11.9 Å². The van der Waals surface area contributed by atoms with Crippen molar-refractivity contribution in [2.24, 2.45) is 0 Å². The number of rotatable bonds is 3. The fraction of sp³-hybridized carbons (Fsp3) is 0.368. The molecule has 1 aliphatic rings. The van der Waals surface area contributed by atoms with Crippen molar-refractivity contribution < 1.29 is 19.7 Å². The lowest BCUT2D eigenvalue weighted by Crippen LogP contribution is -2.19. The molecule has 2 heterocycles. The number of benzene rings is 1. The van der Waals surface area contributed by atoms with Gasteiger partial charge in [-0.15, -0.1) is 0 Å². The number of nitrogen functional groups attached to an aromatic ring is 1. The van der Waals surface area contributed by atoms with E-state index in [2.05, 4.69) is 22.5 Å². The molecule has 3 rings (SSSR count). The number of aromatic nitrogens is 1. The third-order valence-corrected chi connectivity index (χ3v) is 3.58. The summed E-state index contributed by atoms with van der Waals surface area (Å²) in [4.78, 5) is 13.9. The Balaban J connectivity index is 0.000000214. The molecule has 1 atom stereocenters. The number of nitrogens with one attached hydrogen (secondary N) is 2. The largest absolute Gasteiger partial charge is 0.497 e. The van der Waals surface area contributed by atoms with E-state index < -0.39 is 6.09 Å². The topological polar surface area (TPSA) is 130 Å². The summed E-state index contributed by atoms with van der Waals surface area (Å²) in [5, 5.41) is 22.2. The van der Waals surface area contributed by atoms with Gasteiger partial charge in [-0.05, 0) is 49.7 Å². The molecule has 0 spiro atoms. The van der Waals surface area contributed by atoms with E-state index in [9.17, 15) is 4.79 Å². The standard InChI is InChI=1S/C8H10O.C7H9N3O2.C4H9NO/c1-7-3-5-8(9-2)6-4-7;8-6-3-5(1-2-9-6)4-10-7(11)12;6-4-1-2-5-3-4/h3-6H,1-2H3;1-3,10H,4H2,(H2,8,9)(H,11,12);4-6H,1-3H2. The van der Waals surface area contributed by atoms with Crippen molar-refractivity contribution in [3.63, 3.8) is 0 Å². The van der Waals surface area contributed by atoms with Crippen molar-refractivity contribution in [2.45, 2.75) is 26.0 Å². The van der Waals surface area contributed by atoms with E-state index in [0.29, 0.717) is 5.82 Å². The SMILES string of the molecule is COc1ccc(C)cc1.Nc1cc(CNC(=O)O)ccn1.OC1CCNC1. The van der Waals surface area contributed by atoms with Crippen molar-refractivity contribution in [3.8, 4) is 5.75 Å². The molecular formula is C19H28N4O4. The van der Waals surface area contributed by atoms with Gasteiger partial charge in [0.1, 0.15) is 11.6 Å². The maximum Gasteiger partial charge on any atom is 0.404 e.